The number of aliphatic hydroxyl groups is 1. The lowest BCUT2D eigenvalue weighted by Gasteiger charge is -2.44. The van der Waals surface area contributed by atoms with Gasteiger partial charge in [-0.3, -0.25) is 24.1 Å². The second-order valence-electron chi connectivity index (χ2n) is 16.9. The molecular weight excluding hydrogens is 670 g/mol. The van der Waals surface area contributed by atoms with Crippen LogP contribution in [-0.2, 0) is 28.7 Å². The van der Waals surface area contributed by atoms with Gasteiger partial charge in [0.05, 0.1) is 30.8 Å². The predicted molar refractivity (Wildman–Crippen MR) is 208 cm³/mol. The molecule has 0 radical (unpaired) electrons. The first-order chi connectivity index (χ1) is 25.2. The van der Waals surface area contributed by atoms with Crippen LogP contribution in [0.2, 0.25) is 0 Å². The van der Waals surface area contributed by atoms with E-state index in [2.05, 4.69) is 43.2 Å². The molecule has 0 saturated heterocycles. The molecule has 1 heterocycles. The molecule has 0 aromatic heterocycles. The molecule has 4 rings (SSSR count). The zero-order chi connectivity index (χ0) is 38.6. The summed E-state index contributed by atoms with van der Waals surface area (Å²) in [6.45, 7) is 16.7. The van der Waals surface area contributed by atoms with Gasteiger partial charge in [-0.05, 0) is 114 Å². The Kier molecular flexibility index (Phi) is 16.1. The average molecular weight is 738 g/mol. The number of nitrogens with zero attached hydrogens (tertiary/aromatic N) is 1. The Balaban J connectivity index is 1.10. The molecule has 1 aliphatic heterocycles. The van der Waals surface area contributed by atoms with Gasteiger partial charge >= 0.3 is 0 Å². The second kappa shape index (κ2) is 20.0. The van der Waals surface area contributed by atoms with Crippen molar-refractivity contribution in [3.63, 3.8) is 0 Å². The molecule has 4 amide bonds. The van der Waals surface area contributed by atoms with E-state index in [0.717, 1.165) is 49.3 Å². The molecule has 3 fully saturated rings. The standard InChI is InChI=1S/C43H67N3O7/c1-30-12-15-35(29-34(30)14-13-33-11-8-22-43(6)36(16-17-37(33)43)31(2)10-7-21-42(4,5)51)53-26-9-23-44-39(48)28-32(3)52-27-24-45-38(47)20-25-46-40(49)18-19-41(46)50/h13-14,18-19,31-32,35-37,51H,1,7-12,15-17,20-29H2,2-6H3,(H,44,48)(H,45,47)/b33-13+,34-14-/t31-,32?,35+,36-,37+,43-/m1/s1. The molecule has 3 N–H and O–H groups in total. The van der Waals surface area contributed by atoms with Gasteiger partial charge in [0.2, 0.25) is 11.8 Å². The van der Waals surface area contributed by atoms with E-state index in [9.17, 15) is 24.3 Å². The fraction of sp³-hybridized carbons (Fsp3) is 0.721. The Morgan fingerprint density at radius 3 is 2.51 bits per heavy atom. The van der Waals surface area contributed by atoms with Gasteiger partial charge in [0.1, 0.15) is 0 Å². The number of carbonyl (C=O) groups is 4. The third kappa shape index (κ3) is 13.0. The first-order valence-corrected chi connectivity index (χ1v) is 20.3. The minimum atomic E-state index is -0.576. The van der Waals surface area contributed by atoms with E-state index >= 15 is 0 Å². The molecule has 0 spiro atoms. The Morgan fingerprint density at radius 2 is 1.77 bits per heavy atom. The smallest absolute Gasteiger partial charge is 0.253 e. The van der Waals surface area contributed by atoms with Crippen LogP contribution in [0.15, 0.2) is 47.6 Å². The highest BCUT2D eigenvalue weighted by Gasteiger charge is 2.50. The largest absolute Gasteiger partial charge is 0.390 e. The van der Waals surface area contributed by atoms with Gasteiger partial charge in [-0.2, -0.15) is 0 Å². The number of nitrogens with one attached hydrogen (secondary N) is 2. The number of hydrogen-bond donors (Lipinski definition) is 3. The van der Waals surface area contributed by atoms with Crippen LogP contribution in [0.5, 0.6) is 0 Å². The fourth-order valence-corrected chi connectivity index (χ4v) is 9.14. The summed E-state index contributed by atoms with van der Waals surface area (Å²) in [5.74, 6) is 0.924. The highest BCUT2D eigenvalue weighted by molar-refractivity contribution is 6.13. The quantitative estimate of drug-likeness (QED) is 0.0961. The van der Waals surface area contributed by atoms with Crippen molar-refractivity contribution in [2.75, 3.05) is 32.8 Å². The van der Waals surface area contributed by atoms with Crippen LogP contribution in [0.25, 0.3) is 0 Å². The summed E-state index contributed by atoms with van der Waals surface area (Å²) in [4.78, 5) is 48.6. The maximum absolute atomic E-state index is 12.4. The summed E-state index contributed by atoms with van der Waals surface area (Å²) < 4.78 is 11.9. The number of carbonyl (C=O) groups excluding carboxylic acids is 4. The Bertz CT molecular complexity index is 1380. The third-order valence-corrected chi connectivity index (χ3v) is 12.1. The SMILES string of the molecule is C=C1CC[C@H](OCCCNC(=O)CC(C)OCCNC(=O)CCN2C(=O)C=CC2=O)C/C1=C/C=C1\CCC[C@]2(C)[C@@H]([C@H](C)CCCC(C)(C)O)CC[C@@H]12. The van der Waals surface area contributed by atoms with Crippen LogP contribution < -0.4 is 10.6 Å². The number of allylic oxidation sites excluding steroid dienone is 4. The van der Waals surface area contributed by atoms with Crippen molar-refractivity contribution >= 4 is 23.6 Å². The number of fused-ring (bicyclic) bond motifs is 1. The van der Waals surface area contributed by atoms with Gasteiger partial charge in [0.25, 0.3) is 11.8 Å². The van der Waals surface area contributed by atoms with Crippen LogP contribution in [-0.4, -0.2) is 84.3 Å². The number of amides is 4. The van der Waals surface area contributed by atoms with E-state index in [1.807, 2.05) is 20.8 Å². The molecule has 53 heavy (non-hydrogen) atoms. The lowest BCUT2D eigenvalue weighted by atomic mass is 9.60. The number of ether oxygens (including phenoxy) is 2. The van der Waals surface area contributed by atoms with Gasteiger partial charge in [0.15, 0.2) is 0 Å². The highest BCUT2D eigenvalue weighted by Crippen LogP contribution is 2.60. The van der Waals surface area contributed by atoms with E-state index in [-0.39, 0.29) is 56.6 Å². The van der Waals surface area contributed by atoms with E-state index in [0.29, 0.717) is 30.4 Å². The lowest BCUT2D eigenvalue weighted by Crippen LogP contribution is -2.36. The van der Waals surface area contributed by atoms with Gasteiger partial charge in [0, 0.05) is 44.8 Å². The van der Waals surface area contributed by atoms with E-state index in [4.69, 9.17) is 9.47 Å². The molecule has 4 aliphatic rings. The summed E-state index contributed by atoms with van der Waals surface area (Å²) >= 11 is 0. The summed E-state index contributed by atoms with van der Waals surface area (Å²) in [6.07, 6.45) is 20.3. The molecule has 1 unspecified atom stereocenters. The maximum Gasteiger partial charge on any atom is 0.253 e. The Morgan fingerprint density at radius 1 is 1.04 bits per heavy atom. The summed E-state index contributed by atoms with van der Waals surface area (Å²) in [5.41, 5.74) is 3.95. The Hall–Kier alpha value is -3.08. The molecule has 10 nitrogen and oxygen atoms in total. The third-order valence-electron chi connectivity index (χ3n) is 12.1. The molecule has 0 aromatic rings. The van der Waals surface area contributed by atoms with Crippen LogP contribution in [0.1, 0.15) is 125 Å². The van der Waals surface area contributed by atoms with Gasteiger partial charge in [-0.15, -0.1) is 0 Å². The first kappa shape index (κ1) is 42.7. The van der Waals surface area contributed by atoms with Crippen LogP contribution in [0.3, 0.4) is 0 Å². The van der Waals surface area contributed by atoms with Crippen molar-refractivity contribution in [1.29, 1.82) is 0 Å². The molecule has 0 aromatic carbocycles. The molecule has 0 bridgehead atoms. The number of imide groups is 1. The first-order valence-electron chi connectivity index (χ1n) is 20.3. The normalized spacial score (nSPS) is 27.4. The topological polar surface area (TPSA) is 134 Å². The summed E-state index contributed by atoms with van der Waals surface area (Å²) in [5, 5.41) is 15.8. The molecule has 3 saturated carbocycles. The number of rotatable bonds is 20. The molecule has 3 aliphatic carbocycles. The van der Waals surface area contributed by atoms with Gasteiger partial charge < -0.3 is 25.2 Å². The second-order valence-corrected chi connectivity index (χ2v) is 16.9. The summed E-state index contributed by atoms with van der Waals surface area (Å²) in [6, 6.07) is 0. The minimum absolute atomic E-state index is 0.0282. The maximum atomic E-state index is 12.4. The zero-order valence-corrected chi connectivity index (χ0v) is 33.2. The molecule has 10 heteroatoms. The van der Waals surface area contributed by atoms with Crippen molar-refractivity contribution in [2.24, 2.45) is 23.2 Å². The summed E-state index contributed by atoms with van der Waals surface area (Å²) in [7, 11) is 0. The van der Waals surface area contributed by atoms with E-state index < -0.39 is 17.4 Å². The fourth-order valence-electron chi connectivity index (χ4n) is 9.14. The highest BCUT2D eigenvalue weighted by atomic mass is 16.5. The van der Waals surface area contributed by atoms with Crippen molar-refractivity contribution < 1.29 is 33.8 Å². The molecular formula is C43H67N3O7. The zero-order valence-electron chi connectivity index (χ0n) is 33.2. The number of hydrogen-bond acceptors (Lipinski definition) is 7. The van der Waals surface area contributed by atoms with Crippen molar-refractivity contribution in [1.82, 2.24) is 15.5 Å². The average Bonchev–Trinajstić information content (AvgIpc) is 3.62. The van der Waals surface area contributed by atoms with Gasteiger partial charge in [-0.1, -0.05) is 56.6 Å². The minimum Gasteiger partial charge on any atom is -0.390 e. The predicted octanol–water partition coefficient (Wildman–Crippen LogP) is 6.49. The van der Waals surface area contributed by atoms with Crippen LogP contribution >= 0.6 is 0 Å². The van der Waals surface area contributed by atoms with Crippen molar-refractivity contribution in [2.45, 2.75) is 142 Å². The van der Waals surface area contributed by atoms with Crippen molar-refractivity contribution in [3.05, 3.63) is 47.6 Å². The van der Waals surface area contributed by atoms with Gasteiger partial charge in [-0.25, -0.2) is 0 Å². The molecule has 6 atom stereocenters. The lowest BCUT2D eigenvalue weighted by molar-refractivity contribution is -0.137. The van der Waals surface area contributed by atoms with E-state index in [1.165, 1.54) is 61.8 Å². The van der Waals surface area contributed by atoms with Crippen LogP contribution in [0.4, 0.5) is 0 Å². The van der Waals surface area contributed by atoms with Crippen molar-refractivity contribution in [3.8, 4) is 0 Å². The monoisotopic (exact) mass is 737 g/mol. The Labute approximate surface area is 318 Å². The van der Waals surface area contributed by atoms with E-state index in [1.54, 1.807) is 5.57 Å². The molecule has 296 valence electrons. The van der Waals surface area contributed by atoms with Crippen LogP contribution in [0, 0.1) is 23.2 Å².